The zero-order valence-corrected chi connectivity index (χ0v) is 41.7. The molecule has 0 saturated heterocycles. The molecule has 0 radical (unpaired) electrons. The summed E-state index contributed by atoms with van der Waals surface area (Å²) in [6, 6.07) is 0. The molecule has 0 rings (SSSR count). The van der Waals surface area contributed by atoms with Crippen molar-refractivity contribution in [1.82, 2.24) is 19.6 Å². The molecule has 0 aromatic rings. The van der Waals surface area contributed by atoms with Crippen LogP contribution < -0.4 is 177 Å². The number of nitrogens with zero attached hydrogens (tertiary/aromatic N) is 4. The minimum atomic E-state index is 0. The average molecular weight is 735 g/mol. The van der Waals surface area contributed by atoms with Crippen molar-refractivity contribution in [3.63, 3.8) is 0 Å². The Kier molecular flexibility index (Phi) is 55.5. The monoisotopic (exact) mass is 734 g/mol. The summed E-state index contributed by atoms with van der Waals surface area (Å²) in [7, 11) is 0. The van der Waals surface area contributed by atoms with E-state index in [2.05, 4.69) is 4.90 Å². The summed E-state index contributed by atoms with van der Waals surface area (Å²) in [5.41, 5.74) is 0. The number of rotatable bonds is 9. The third kappa shape index (κ3) is 26.8. The largest absolute Gasteiger partial charge is 1.00 e. The summed E-state index contributed by atoms with van der Waals surface area (Å²) in [6.45, 7) is 2.90. The van der Waals surface area contributed by atoms with E-state index in [0.717, 1.165) is 0 Å². The van der Waals surface area contributed by atoms with Crippen molar-refractivity contribution in [1.29, 1.82) is 0 Å². The van der Waals surface area contributed by atoms with Gasteiger partial charge in [0.1, 0.15) is 0 Å². The first kappa shape index (κ1) is 56.9. The smallest absolute Gasteiger partial charge is 0.411 e. The first-order valence-corrected chi connectivity index (χ1v) is 12.1. The van der Waals surface area contributed by atoms with Gasteiger partial charge in [-0.05, 0) is 0 Å². The van der Waals surface area contributed by atoms with Crippen LogP contribution in [0.2, 0.25) is 0 Å². The van der Waals surface area contributed by atoms with E-state index in [1.807, 2.05) is 0 Å². The van der Waals surface area contributed by atoms with E-state index in [4.69, 9.17) is 149 Å². The van der Waals surface area contributed by atoms with Crippen molar-refractivity contribution in [2.75, 3.05) is 39.3 Å². The topological polar surface area (TPSA) is 13.0 Å². The molecule has 0 fully saturated rings. The Morgan fingerprint density at radius 3 is 0.618 bits per heavy atom. The van der Waals surface area contributed by atoms with Gasteiger partial charge < -0.3 is 164 Å². The summed E-state index contributed by atoms with van der Waals surface area (Å²) >= 11 is 60.3. The molecule has 0 amide bonds. The Morgan fingerprint density at radius 1 is 0.353 bits per heavy atom. The molecule has 158 valence electrons. The van der Waals surface area contributed by atoms with Crippen LogP contribution >= 0.6 is 73.3 Å². The van der Waals surface area contributed by atoms with Crippen LogP contribution in [0.25, 0.3) is 0 Å². The summed E-state index contributed by atoms with van der Waals surface area (Å²) < 4.78 is 1.17. The summed E-state index contributed by atoms with van der Waals surface area (Å²) in [5.74, 6) is 0. The van der Waals surface area contributed by atoms with Crippen LogP contribution in [0.4, 0.5) is 0 Å². The van der Waals surface area contributed by atoms with Crippen LogP contribution in [0.1, 0.15) is 0 Å². The molecule has 0 aliphatic heterocycles. The quantitative estimate of drug-likeness (QED) is 0.127. The van der Waals surface area contributed by atoms with Gasteiger partial charge in [0, 0.05) is 39.3 Å². The number of thiocarbonyl (C=S) groups is 6. The predicted octanol–water partition coefficient (Wildman–Crippen LogP) is -16.8. The second kappa shape index (κ2) is 33.1. The molecule has 0 aromatic heterocycles. The van der Waals surface area contributed by atoms with E-state index in [9.17, 15) is 0 Å². The van der Waals surface area contributed by atoms with Crippen molar-refractivity contribution in [3.8, 4) is 0 Å². The molecule has 0 aliphatic rings. The minimum absolute atomic E-state index is 0. The van der Waals surface area contributed by atoms with Gasteiger partial charge in [0.2, 0.25) is 0 Å². The van der Waals surface area contributed by atoms with Gasteiger partial charge in [0.15, 0.2) is 0 Å². The van der Waals surface area contributed by atoms with Crippen LogP contribution in [-0.2, 0) is 75.8 Å². The van der Waals surface area contributed by atoms with Gasteiger partial charge in [0.25, 0.3) is 0 Å². The van der Waals surface area contributed by atoms with Gasteiger partial charge in [0.05, 0.1) is 0 Å². The molecular formula is C12H12N4Na6S12. The number of hydrogen-bond donors (Lipinski definition) is 0. The molecule has 0 spiro atoms. The van der Waals surface area contributed by atoms with Gasteiger partial charge in [-0.15, -0.1) is 0 Å². The van der Waals surface area contributed by atoms with E-state index in [1.165, 1.54) is 14.7 Å². The summed E-state index contributed by atoms with van der Waals surface area (Å²) in [5, 5.41) is 0. The predicted molar refractivity (Wildman–Crippen MR) is 156 cm³/mol. The molecule has 34 heavy (non-hydrogen) atoms. The average Bonchev–Trinajstić information content (AvgIpc) is 2.52. The van der Waals surface area contributed by atoms with Gasteiger partial charge >= 0.3 is 177 Å². The Labute approximate surface area is 401 Å². The van der Waals surface area contributed by atoms with E-state index in [0.29, 0.717) is 39.3 Å². The fraction of sp³-hybridized carbons (Fsp3) is 0.500. The van der Waals surface area contributed by atoms with Crippen molar-refractivity contribution >= 4 is 175 Å². The zero-order chi connectivity index (χ0) is 22.0. The first-order valence-electron chi connectivity index (χ1n) is 7.19. The van der Waals surface area contributed by atoms with Crippen LogP contribution in [0.3, 0.4) is 0 Å². The molecular weight excluding hydrogens is 723 g/mol. The van der Waals surface area contributed by atoms with Crippen molar-refractivity contribution in [2.24, 2.45) is 0 Å². The van der Waals surface area contributed by atoms with E-state index in [1.54, 1.807) is 0 Å². The van der Waals surface area contributed by atoms with Gasteiger partial charge in [-0.1, -0.05) is 25.9 Å². The third-order valence-electron chi connectivity index (χ3n) is 3.24. The first-order chi connectivity index (χ1) is 12.9. The fourth-order valence-corrected chi connectivity index (χ4v) is 4.72. The molecule has 4 nitrogen and oxygen atoms in total. The second-order valence-electron chi connectivity index (χ2n) is 4.89. The maximum Gasteiger partial charge on any atom is 1.00 e. The van der Waals surface area contributed by atoms with E-state index >= 15 is 0 Å². The molecule has 0 aromatic carbocycles. The molecule has 0 saturated carbocycles. The van der Waals surface area contributed by atoms with E-state index < -0.39 is 0 Å². The van der Waals surface area contributed by atoms with Crippen LogP contribution in [0.5, 0.6) is 0 Å². The molecule has 0 unspecified atom stereocenters. The second-order valence-corrected chi connectivity index (χ2v) is 11.1. The maximum atomic E-state index is 5.02. The van der Waals surface area contributed by atoms with Crippen LogP contribution in [0, 0.1) is 0 Å². The standard InChI is InChI=1S/C12H18N4S12.6Na/c17-7(18)14(8(19)20)4-1-13(2-5-15(9(21)22)10(23)24)3-6-16(11(25)26)12(27)28;;;;;;/h1-6H2,(H,17,18)(H,19,20)(H,21,22)(H,23,24)(H,25,26)(H,27,28);;;;;;/q;6*+1/p-6. The maximum absolute atomic E-state index is 5.02. The van der Waals surface area contributed by atoms with Crippen LogP contribution in [0.15, 0.2) is 0 Å². The van der Waals surface area contributed by atoms with Gasteiger partial charge in [-0.2, -0.15) is 0 Å². The molecule has 22 heteroatoms. The molecule has 0 N–H and O–H groups in total. The zero-order valence-electron chi connectivity index (χ0n) is 19.9. The van der Waals surface area contributed by atoms with Gasteiger partial charge in [-0.25, -0.2) is 0 Å². The SMILES string of the molecule is S=C([S-])N(CCN(CCN(C(=S)[S-])C(=S)[S-])CCN(C(=S)[S-])C(=S)[S-])C(=S)[S-].[Na+].[Na+].[Na+].[Na+].[Na+].[Na+]. The molecule has 0 aliphatic carbocycles. The Balaban J connectivity index is -0.000000243. The number of hydrogen-bond acceptors (Lipinski definition) is 13. The Morgan fingerprint density at radius 2 is 0.500 bits per heavy atom. The summed E-state index contributed by atoms with van der Waals surface area (Å²) in [4.78, 5) is 6.66. The Bertz CT molecular complexity index is 533. The van der Waals surface area contributed by atoms with Crippen LogP contribution in [-0.4, -0.2) is 84.8 Å². The molecule has 0 atom stereocenters. The normalized spacial score (nSPS) is 8.38. The Hall–Kier alpha value is 7.22. The summed E-state index contributed by atoms with van der Waals surface area (Å²) in [6.07, 6.45) is 0. The van der Waals surface area contributed by atoms with Crippen molar-refractivity contribution in [3.05, 3.63) is 0 Å². The molecule has 0 heterocycles. The third-order valence-corrected chi connectivity index (χ3v) is 5.89. The van der Waals surface area contributed by atoms with Gasteiger partial charge in [-0.3, -0.25) is 4.90 Å². The van der Waals surface area contributed by atoms with Crippen molar-refractivity contribution < 1.29 is 177 Å². The minimum Gasteiger partial charge on any atom is -0.411 e. The van der Waals surface area contributed by atoms with E-state index in [-0.39, 0.29) is 203 Å². The molecule has 0 bridgehead atoms. The van der Waals surface area contributed by atoms with Crippen molar-refractivity contribution in [2.45, 2.75) is 0 Å². The fourth-order valence-electron chi connectivity index (χ4n) is 1.83.